The largest absolute Gasteiger partial charge is 0.397 e. The summed E-state index contributed by atoms with van der Waals surface area (Å²) < 4.78 is 12.9. The van der Waals surface area contributed by atoms with E-state index in [9.17, 15) is 4.39 Å². The normalized spacial score (nSPS) is 19.7. The van der Waals surface area contributed by atoms with E-state index in [4.69, 9.17) is 5.73 Å². The number of rotatable bonds is 3. The van der Waals surface area contributed by atoms with Gasteiger partial charge >= 0.3 is 0 Å². The third-order valence-corrected chi connectivity index (χ3v) is 3.91. The zero-order chi connectivity index (χ0) is 13.2. The van der Waals surface area contributed by atoms with Crippen LogP contribution >= 0.6 is 0 Å². The molecular weight excluding hydrogens is 229 g/mol. The van der Waals surface area contributed by atoms with Crippen molar-refractivity contribution in [1.29, 1.82) is 0 Å². The Morgan fingerprint density at radius 2 is 2.06 bits per heavy atom. The van der Waals surface area contributed by atoms with Crippen molar-refractivity contribution >= 4 is 11.4 Å². The first-order valence-corrected chi connectivity index (χ1v) is 6.46. The van der Waals surface area contributed by atoms with E-state index in [1.165, 1.54) is 25.0 Å². The number of piperidine rings is 1. The number of halogens is 1. The summed E-state index contributed by atoms with van der Waals surface area (Å²) in [5.74, 6) is -0.288. The van der Waals surface area contributed by atoms with Crippen LogP contribution in [0.1, 0.15) is 19.8 Å². The van der Waals surface area contributed by atoms with E-state index < -0.39 is 0 Å². The second-order valence-electron chi connectivity index (χ2n) is 5.70. The van der Waals surface area contributed by atoms with Gasteiger partial charge in [0.2, 0.25) is 0 Å². The monoisotopic (exact) mass is 251 g/mol. The van der Waals surface area contributed by atoms with Gasteiger partial charge in [0, 0.05) is 6.54 Å². The molecule has 1 aliphatic heterocycles. The van der Waals surface area contributed by atoms with Crippen LogP contribution in [0.2, 0.25) is 0 Å². The summed E-state index contributed by atoms with van der Waals surface area (Å²) in [4.78, 5) is 2.36. The summed E-state index contributed by atoms with van der Waals surface area (Å²) in [5.41, 5.74) is 7.40. The molecule has 0 saturated carbocycles. The number of nitrogens with zero attached hydrogens (tertiary/aromatic N) is 1. The summed E-state index contributed by atoms with van der Waals surface area (Å²) in [6, 6.07) is 4.51. The molecule has 3 N–H and O–H groups in total. The van der Waals surface area contributed by atoms with Crippen LogP contribution in [0.25, 0.3) is 0 Å². The van der Waals surface area contributed by atoms with Crippen LogP contribution in [0.4, 0.5) is 15.8 Å². The van der Waals surface area contributed by atoms with E-state index in [-0.39, 0.29) is 5.82 Å². The van der Waals surface area contributed by atoms with Gasteiger partial charge in [-0.2, -0.15) is 0 Å². The lowest BCUT2D eigenvalue weighted by Crippen LogP contribution is -2.40. The molecule has 2 rings (SSSR count). The third-order valence-electron chi connectivity index (χ3n) is 3.91. The van der Waals surface area contributed by atoms with Crippen molar-refractivity contribution in [3.63, 3.8) is 0 Å². The highest BCUT2D eigenvalue weighted by Crippen LogP contribution is 2.31. The van der Waals surface area contributed by atoms with Crippen LogP contribution < -0.4 is 11.1 Å². The summed E-state index contributed by atoms with van der Waals surface area (Å²) in [6.07, 6.45) is 2.36. The number of nitrogens with two attached hydrogens (primary N) is 1. The maximum absolute atomic E-state index is 12.9. The SMILES string of the molecule is CN1CCC(C)(CNc2ccc(F)cc2N)CC1. The smallest absolute Gasteiger partial charge is 0.125 e. The molecule has 3 nitrogen and oxygen atoms in total. The van der Waals surface area contributed by atoms with Crippen molar-refractivity contribution in [1.82, 2.24) is 4.90 Å². The minimum atomic E-state index is -0.288. The molecule has 1 aromatic carbocycles. The van der Waals surface area contributed by atoms with Crippen molar-refractivity contribution < 1.29 is 4.39 Å². The Kier molecular flexibility index (Phi) is 3.76. The Bertz CT molecular complexity index is 412. The van der Waals surface area contributed by atoms with Gasteiger partial charge in [-0.15, -0.1) is 0 Å². The molecule has 0 radical (unpaired) electrons. The first kappa shape index (κ1) is 13.1. The molecule has 0 bridgehead atoms. The number of nitrogens with one attached hydrogen (secondary N) is 1. The van der Waals surface area contributed by atoms with Gasteiger partial charge in [0.25, 0.3) is 0 Å². The number of anilines is 2. The number of hydrogen-bond donors (Lipinski definition) is 2. The Morgan fingerprint density at radius 3 is 2.67 bits per heavy atom. The summed E-state index contributed by atoms with van der Waals surface area (Å²) in [7, 11) is 2.16. The van der Waals surface area contributed by atoms with Crippen LogP contribution in [-0.2, 0) is 0 Å². The molecule has 18 heavy (non-hydrogen) atoms. The van der Waals surface area contributed by atoms with E-state index in [1.807, 2.05) is 0 Å². The molecule has 4 heteroatoms. The predicted octanol–water partition coefficient (Wildman–Crippen LogP) is 2.55. The Balaban J connectivity index is 1.94. The summed E-state index contributed by atoms with van der Waals surface area (Å²) in [6.45, 7) is 5.46. The molecule has 0 aromatic heterocycles. The van der Waals surface area contributed by atoms with Crippen molar-refractivity contribution in [3.8, 4) is 0 Å². The maximum atomic E-state index is 12.9. The van der Waals surface area contributed by atoms with Gasteiger partial charge < -0.3 is 16.0 Å². The number of hydrogen-bond acceptors (Lipinski definition) is 3. The molecule has 0 spiro atoms. The fraction of sp³-hybridized carbons (Fsp3) is 0.571. The molecule has 1 aromatic rings. The quantitative estimate of drug-likeness (QED) is 0.811. The van der Waals surface area contributed by atoms with Crippen LogP contribution in [0.5, 0.6) is 0 Å². The maximum Gasteiger partial charge on any atom is 0.125 e. The van der Waals surface area contributed by atoms with Gasteiger partial charge in [-0.05, 0) is 56.6 Å². The zero-order valence-corrected chi connectivity index (χ0v) is 11.2. The van der Waals surface area contributed by atoms with Crippen LogP contribution in [-0.4, -0.2) is 31.6 Å². The van der Waals surface area contributed by atoms with E-state index in [1.54, 1.807) is 6.07 Å². The summed E-state index contributed by atoms with van der Waals surface area (Å²) in [5, 5.41) is 3.36. The Labute approximate surface area is 108 Å². The number of likely N-dealkylation sites (tertiary alicyclic amines) is 1. The molecule has 0 amide bonds. The van der Waals surface area contributed by atoms with E-state index in [0.717, 1.165) is 25.3 Å². The van der Waals surface area contributed by atoms with Crippen molar-refractivity contribution in [3.05, 3.63) is 24.0 Å². The summed E-state index contributed by atoms with van der Waals surface area (Å²) >= 11 is 0. The molecule has 1 aliphatic rings. The van der Waals surface area contributed by atoms with Crippen molar-refractivity contribution in [2.75, 3.05) is 37.7 Å². The van der Waals surface area contributed by atoms with E-state index in [2.05, 4.69) is 24.2 Å². The lowest BCUT2D eigenvalue weighted by molar-refractivity contribution is 0.150. The third kappa shape index (κ3) is 3.13. The molecular formula is C14H22FN3. The highest BCUT2D eigenvalue weighted by atomic mass is 19.1. The lowest BCUT2D eigenvalue weighted by atomic mass is 9.80. The lowest BCUT2D eigenvalue weighted by Gasteiger charge is -2.38. The average Bonchev–Trinajstić information content (AvgIpc) is 2.32. The van der Waals surface area contributed by atoms with Gasteiger partial charge in [-0.25, -0.2) is 4.39 Å². The van der Waals surface area contributed by atoms with Gasteiger partial charge in [0.1, 0.15) is 5.82 Å². The molecule has 1 saturated heterocycles. The predicted molar refractivity (Wildman–Crippen MR) is 74.1 cm³/mol. The highest BCUT2D eigenvalue weighted by molar-refractivity contribution is 5.65. The van der Waals surface area contributed by atoms with Gasteiger partial charge in [-0.3, -0.25) is 0 Å². The second-order valence-corrected chi connectivity index (χ2v) is 5.70. The molecule has 1 heterocycles. The number of benzene rings is 1. The molecule has 0 unspecified atom stereocenters. The molecule has 0 atom stereocenters. The first-order valence-electron chi connectivity index (χ1n) is 6.46. The average molecular weight is 251 g/mol. The second kappa shape index (κ2) is 5.14. The van der Waals surface area contributed by atoms with Gasteiger partial charge in [0.05, 0.1) is 11.4 Å². The van der Waals surface area contributed by atoms with Crippen molar-refractivity contribution in [2.24, 2.45) is 5.41 Å². The minimum Gasteiger partial charge on any atom is -0.397 e. The fourth-order valence-corrected chi connectivity index (χ4v) is 2.34. The van der Waals surface area contributed by atoms with Crippen molar-refractivity contribution in [2.45, 2.75) is 19.8 Å². The van der Waals surface area contributed by atoms with Crippen LogP contribution in [0.3, 0.4) is 0 Å². The van der Waals surface area contributed by atoms with Crippen LogP contribution in [0, 0.1) is 11.2 Å². The minimum absolute atomic E-state index is 0.288. The standard InChI is InChI=1S/C14H22FN3/c1-14(5-7-18(2)8-6-14)10-17-13-4-3-11(15)9-12(13)16/h3-4,9,17H,5-8,10,16H2,1-2H3. The first-order chi connectivity index (χ1) is 8.48. The van der Waals surface area contributed by atoms with Gasteiger partial charge in [0.15, 0.2) is 0 Å². The van der Waals surface area contributed by atoms with E-state index >= 15 is 0 Å². The molecule has 0 aliphatic carbocycles. The topological polar surface area (TPSA) is 41.3 Å². The van der Waals surface area contributed by atoms with E-state index in [0.29, 0.717) is 11.1 Å². The van der Waals surface area contributed by atoms with Gasteiger partial charge in [-0.1, -0.05) is 6.92 Å². The molecule has 100 valence electrons. The highest BCUT2D eigenvalue weighted by Gasteiger charge is 2.28. The number of nitrogen functional groups attached to an aromatic ring is 1. The molecule has 1 fully saturated rings. The Morgan fingerprint density at radius 1 is 1.39 bits per heavy atom. The fourth-order valence-electron chi connectivity index (χ4n) is 2.34. The zero-order valence-electron chi connectivity index (χ0n) is 11.2. The Hall–Kier alpha value is -1.29. The van der Waals surface area contributed by atoms with Crippen LogP contribution in [0.15, 0.2) is 18.2 Å².